The van der Waals surface area contributed by atoms with Crippen LogP contribution in [0.3, 0.4) is 0 Å². The lowest BCUT2D eigenvalue weighted by atomic mass is 9.56. The van der Waals surface area contributed by atoms with Crippen LogP contribution < -0.4 is 5.32 Å². The van der Waals surface area contributed by atoms with Gasteiger partial charge in [-0.1, -0.05) is 30.3 Å². The Balaban J connectivity index is 1.01. The van der Waals surface area contributed by atoms with Crippen LogP contribution in [-0.4, -0.2) is 41.3 Å². The summed E-state index contributed by atoms with van der Waals surface area (Å²) in [5, 5.41) is 15.5. The van der Waals surface area contributed by atoms with Crippen molar-refractivity contribution in [3.05, 3.63) is 35.9 Å². The van der Waals surface area contributed by atoms with Gasteiger partial charge >= 0.3 is 0 Å². The second kappa shape index (κ2) is 5.37. The number of benzene rings is 1. The van der Waals surface area contributed by atoms with Gasteiger partial charge in [0.15, 0.2) is 0 Å². The number of hydrogen-bond acceptors (Lipinski definition) is 3. The Bertz CT molecular complexity index is 746. The van der Waals surface area contributed by atoms with Gasteiger partial charge in [-0.05, 0) is 85.1 Å². The molecule has 6 fully saturated rings. The maximum absolute atomic E-state index is 11.8. The Morgan fingerprint density at radius 2 is 1.81 bits per heavy atom. The van der Waals surface area contributed by atoms with Crippen LogP contribution in [-0.2, 0) is 6.54 Å². The van der Waals surface area contributed by atoms with Gasteiger partial charge in [0, 0.05) is 25.7 Å². The van der Waals surface area contributed by atoms with E-state index in [9.17, 15) is 5.11 Å². The molecule has 5 saturated carbocycles. The molecular weight excluding hydrogens is 332 g/mol. The predicted molar refractivity (Wildman–Crippen MR) is 105 cm³/mol. The third-order valence-corrected chi connectivity index (χ3v) is 10.0. The molecule has 2 bridgehead atoms. The summed E-state index contributed by atoms with van der Waals surface area (Å²) in [6, 6.07) is 11.5. The van der Waals surface area contributed by atoms with Crippen LogP contribution in [0, 0.1) is 47.3 Å². The van der Waals surface area contributed by atoms with E-state index >= 15 is 0 Å². The van der Waals surface area contributed by atoms with Crippen molar-refractivity contribution in [1.29, 1.82) is 0 Å². The van der Waals surface area contributed by atoms with E-state index in [-0.39, 0.29) is 5.60 Å². The molecule has 144 valence electrons. The summed E-state index contributed by atoms with van der Waals surface area (Å²) in [7, 11) is 0. The zero-order chi connectivity index (χ0) is 17.8. The Morgan fingerprint density at radius 1 is 1.00 bits per heavy atom. The van der Waals surface area contributed by atoms with Crippen molar-refractivity contribution < 1.29 is 5.11 Å². The molecule has 10 atom stereocenters. The summed E-state index contributed by atoms with van der Waals surface area (Å²) in [4.78, 5) is 2.65. The number of likely N-dealkylation sites (tertiary alicyclic amines) is 1. The zero-order valence-electron chi connectivity index (χ0n) is 16.1. The summed E-state index contributed by atoms with van der Waals surface area (Å²) < 4.78 is 0. The Morgan fingerprint density at radius 3 is 2.70 bits per heavy atom. The van der Waals surface area contributed by atoms with Crippen LogP contribution >= 0.6 is 0 Å². The lowest BCUT2D eigenvalue weighted by molar-refractivity contribution is -0.128. The van der Waals surface area contributed by atoms with Crippen molar-refractivity contribution in [3.8, 4) is 0 Å². The van der Waals surface area contributed by atoms with Gasteiger partial charge in [0.2, 0.25) is 0 Å². The molecule has 1 aromatic carbocycles. The minimum absolute atomic E-state index is 0.368. The molecule has 0 spiro atoms. The number of hydrogen-bond donors (Lipinski definition) is 2. The van der Waals surface area contributed by atoms with Crippen molar-refractivity contribution >= 4 is 0 Å². The first kappa shape index (κ1) is 16.0. The summed E-state index contributed by atoms with van der Waals surface area (Å²) in [5.74, 6) is 6.91. The van der Waals surface area contributed by atoms with Crippen LogP contribution in [0.25, 0.3) is 0 Å². The van der Waals surface area contributed by atoms with E-state index in [0.717, 1.165) is 55.1 Å². The van der Waals surface area contributed by atoms with Gasteiger partial charge in [-0.3, -0.25) is 4.90 Å². The third-order valence-electron chi connectivity index (χ3n) is 10.0. The lowest BCUT2D eigenvalue weighted by Crippen LogP contribution is -2.59. The first-order valence-electron chi connectivity index (χ1n) is 11.5. The predicted octanol–water partition coefficient (Wildman–Crippen LogP) is 2.75. The molecule has 5 aliphatic carbocycles. The highest BCUT2D eigenvalue weighted by Gasteiger charge is 2.84. The van der Waals surface area contributed by atoms with Gasteiger partial charge in [0.25, 0.3) is 0 Å². The van der Waals surface area contributed by atoms with Crippen LogP contribution in [0.4, 0.5) is 0 Å². The summed E-state index contributed by atoms with van der Waals surface area (Å²) in [6.45, 7) is 4.19. The molecule has 3 heteroatoms. The van der Waals surface area contributed by atoms with Crippen LogP contribution in [0.5, 0.6) is 0 Å². The maximum Gasteiger partial charge on any atom is 0.0838 e. The molecule has 6 aliphatic rings. The second-order valence-electron chi connectivity index (χ2n) is 10.7. The Kier molecular flexibility index (Phi) is 3.17. The van der Waals surface area contributed by atoms with Gasteiger partial charge in [-0.2, -0.15) is 0 Å². The fourth-order valence-corrected chi connectivity index (χ4v) is 9.55. The third kappa shape index (κ3) is 1.89. The van der Waals surface area contributed by atoms with Crippen LogP contribution in [0.1, 0.15) is 31.2 Å². The number of nitrogens with zero attached hydrogens (tertiary/aromatic N) is 1. The molecule has 7 rings (SSSR count). The van der Waals surface area contributed by atoms with Gasteiger partial charge in [0.05, 0.1) is 5.60 Å². The zero-order valence-corrected chi connectivity index (χ0v) is 16.1. The van der Waals surface area contributed by atoms with E-state index in [1.165, 1.54) is 37.8 Å². The van der Waals surface area contributed by atoms with Crippen molar-refractivity contribution in [2.45, 2.75) is 43.9 Å². The molecule has 0 aromatic heterocycles. The molecule has 10 unspecified atom stereocenters. The number of fused-ring (bicyclic) bond motifs is 2. The number of rotatable bonds is 6. The lowest BCUT2D eigenvalue weighted by Gasteiger charge is -2.51. The molecule has 1 aliphatic heterocycles. The second-order valence-corrected chi connectivity index (χ2v) is 10.7. The van der Waals surface area contributed by atoms with Gasteiger partial charge in [-0.25, -0.2) is 0 Å². The van der Waals surface area contributed by atoms with E-state index in [1.54, 1.807) is 0 Å². The number of aliphatic hydroxyl groups is 1. The monoisotopic (exact) mass is 364 g/mol. The average Bonchev–Trinajstić information content (AvgIpc) is 3.33. The van der Waals surface area contributed by atoms with Crippen molar-refractivity contribution in [3.63, 3.8) is 0 Å². The standard InChI is InChI=1S/C24H32N2O/c27-24(22-17-10-18-20-16(17)9-19(22)21(20)23(18)24)13-25-11-15-7-4-8-26(15)12-14-5-2-1-3-6-14/h1-3,5-6,15-23,25,27H,4,7-13H2. The van der Waals surface area contributed by atoms with E-state index < -0.39 is 0 Å². The van der Waals surface area contributed by atoms with E-state index in [4.69, 9.17) is 0 Å². The normalized spacial score (nSPS) is 53.6. The molecule has 0 radical (unpaired) electrons. The summed E-state index contributed by atoms with van der Waals surface area (Å²) in [6.07, 6.45) is 5.54. The minimum Gasteiger partial charge on any atom is -0.388 e. The minimum atomic E-state index is -0.368. The molecule has 1 saturated heterocycles. The van der Waals surface area contributed by atoms with E-state index in [0.29, 0.717) is 17.9 Å². The maximum atomic E-state index is 11.8. The SMILES string of the molecule is OC1(CNCC2CCCN2Cc2ccccc2)C2C3CC4C5C3CC2C5C41. The van der Waals surface area contributed by atoms with Gasteiger partial charge < -0.3 is 10.4 Å². The first-order chi connectivity index (χ1) is 13.3. The Hall–Kier alpha value is -0.900. The topological polar surface area (TPSA) is 35.5 Å². The highest BCUT2D eigenvalue weighted by Crippen LogP contribution is 2.85. The average molecular weight is 365 g/mol. The van der Waals surface area contributed by atoms with E-state index in [2.05, 4.69) is 40.5 Å². The first-order valence-corrected chi connectivity index (χ1v) is 11.5. The molecule has 1 aromatic rings. The fourth-order valence-electron chi connectivity index (χ4n) is 9.55. The van der Waals surface area contributed by atoms with Crippen LogP contribution in [0.15, 0.2) is 30.3 Å². The van der Waals surface area contributed by atoms with Crippen LogP contribution in [0.2, 0.25) is 0 Å². The van der Waals surface area contributed by atoms with Gasteiger partial charge in [-0.15, -0.1) is 0 Å². The van der Waals surface area contributed by atoms with Crippen molar-refractivity contribution in [1.82, 2.24) is 10.2 Å². The molecule has 1 heterocycles. The van der Waals surface area contributed by atoms with Gasteiger partial charge in [0.1, 0.15) is 0 Å². The molecule has 2 N–H and O–H groups in total. The number of nitrogens with one attached hydrogen (secondary N) is 1. The quantitative estimate of drug-likeness (QED) is 0.815. The molecule has 0 amide bonds. The highest BCUT2D eigenvalue weighted by atomic mass is 16.3. The largest absolute Gasteiger partial charge is 0.388 e. The van der Waals surface area contributed by atoms with E-state index in [1.807, 2.05) is 0 Å². The Labute approximate surface area is 162 Å². The molecule has 3 nitrogen and oxygen atoms in total. The van der Waals surface area contributed by atoms with Crippen molar-refractivity contribution in [2.75, 3.05) is 19.6 Å². The van der Waals surface area contributed by atoms with Crippen molar-refractivity contribution in [2.24, 2.45) is 47.3 Å². The molecule has 27 heavy (non-hydrogen) atoms. The molecular formula is C24H32N2O. The fraction of sp³-hybridized carbons (Fsp3) is 0.750. The summed E-state index contributed by atoms with van der Waals surface area (Å²) in [5.41, 5.74) is 1.06. The smallest absolute Gasteiger partial charge is 0.0838 e. The highest BCUT2D eigenvalue weighted by molar-refractivity contribution is 5.32. The summed E-state index contributed by atoms with van der Waals surface area (Å²) >= 11 is 0.